The Morgan fingerprint density at radius 2 is 1.85 bits per heavy atom. The average Bonchev–Trinajstić information content (AvgIpc) is 2.62. The van der Waals surface area contributed by atoms with Gasteiger partial charge in [-0.2, -0.15) is 0 Å². The van der Waals surface area contributed by atoms with E-state index in [-0.39, 0.29) is 17.6 Å². The van der Waals surface area contributed by atoms with Gasteiger partial charge in [0.25, 0.3) is 11.8 Å². The molecular weight excluding hydrogens is 471 g/mol. The molecule has 2 amide bonds. The summed E-state index contributed by atoms with van der Waals surface area (Å²) in [6.45, 7) is 0.769. The zero-order valence-electron chi connectivity index (χ0n) is 14.0. The van der Waals surface area contributed by atoms with E-state index in [4.69, 9.17) is 16.3 Å². The number of phenolic OH excluding ortho intramolecular Hbond substituents is 1. The minimum absolute atomic E-state index is 0.0371. The number of phenols is 1. The first-order valence-corrected chi connectivity index (χ1v) is 9.26. The summed E-state index contributed by atoms with van der Waals surface area (Å²) in [6, 6.07) is 9.38. The zero-order valence-corrected chi connectivity index (χ0v) is 16.9. The summed E-state index contributed by atoms with van der Waals surface area (Å²) < 4.78 is 6.02. The first-order valence-electron chi connectivity index (χ1n) is 7.81. The lowest BCUT2D eigenvalue weighted by Gasteiger charge is -2.11. The van der Waals surface area contributed by atoms with E-state index in [9.17, 15) is 14.7 Å². The third-order valence-corrected chi connectivity index (χ3v) is 5.04. The second kappa shape index (κ2) is 9.63. The second-order valence-corrected chi connectivity index (χ2v) is 6.95. The van der Waals surface area contributed by atoms with Crippen molar-refractivity contribution in [1.29, 1.82) is 0 Å². The molecule has 138 valence electrons. The van der Waals surface area contributed by atoms with Gasteiger partial charge >= 0.3 is 0 Å². The first-order chi connectivity index (χ1) is 12.4. The van der Waals surface area contributed by atoms with Crippen molar-refractivity contribution in [2.75, 3.05) is 20.2 Å². The first kappa shape index (κ1) is 20.3. The van der Waals surface area contributed by atoms with E-state index >= 15 is 0 Å². The number of aromatic hydroxyl groups is 1. The smallest absolute Gasteiger partial charge is 0.255 e. The third-order valence-electron chi connectivity index (χ3n) is 3.52. The quantitative estimate of drug-likeness (QED) is 0.413. The monoisotopic (exact) mass is 488 g/mol. The van der Waals surface area contributed by atoms with Gasteiger partial charge in [0.2, 0.25) is 0 Å². The van der Waals surface area contributed by atoms with Gasteiger partial charge in [0.05, 0.1) is 17.7 Å². The van der Waals surface area contributed by atoms with Crippen molar-refractivity contribution < 1.29 is 19.4 Å². The van der Waals surface area contributed by atoms with Gasteiger partial charge < -0.3 is 20.5 Å². The molecule has 0 aliphatic rings. The van der Waals surface area contributed by atoms with Crippen LogP contribution in [0.3, 0.4) is 0 Å². The number of carbonyl (C=O) groups excluding carboxylic acids is 2. The maximum absolute atomic E-state index is 12.3. The van der Waals surface area contributed by atoms with Crippen LogP contribution in [-0.4, -0.2) is 37.1 Å². The normalized spacial score (nSPS) is 10.3. The fraction of sp³-hybridized carbons (Fsp3) is 0.222. The Bertz CT molecular complexity index is 814. The second-order valence-electron chi connectivity index (χ2n) is 5.38. The molecule has 0 bridgehead atoms. The number of halogens is 2. The molecule has 2 aromatic rings. The van der Waals surface area contributed by atoms with Gasteiger partial charge in [-0.1, -0.05) is 17.7 Å². The molecule has 0 saturated heterocycles. The number of hydrogen-bond acceptors (Lipinski definition) is 4. The minimum Gasteiger partial charge on any atom is -0.508 e. The Morgan fingerprint density at radius 1 is 1.15 bits per heavy atom. The van der Waals surface area contributed by atoms with Crippen molar-refractivity contribution in [3.05, 3.63) is 56.1 Å². The summed E-state index contributed by atoms with van der Waals surface area (Å²) in [4.78, 5) is 24.2. The highest BCUT2D eigenvalue weighted by Gasteiger charge is 2.14. The van der Waals surface area contributed by atoms with Gasteiger partial charge in [-0.25, -0.2) is 0 Å². The molecule has 0 unspecified atom stereocenters. The molecule has 0 aliphatic carbocycles. The molecule has 0 aromatic heterocycles. The van der Waals surface area contributed by atoms with Crippen LogP contribution in [0.25, 0.3) is 0 Å². The molecule has 0 saturated carbocycles. The summed E-state index contributed by atoms with van der Waals surface area (Å²) in [5, 5.41) is 15.4. The fourth-order valence-corrected chi connectivity index (χ4v) is 2.81. The topological polar surface area (TPSA) is 87.7 Å². The molecule has 0 fully saturated rings. The lowest BCUT2D eigenvalue weighted by molar-refractivity contribution is 0.0949. The van der Waals surface area contributed by atoms with Gasteiger partial charge in [-0.05, 0) is 59.3 Å². The molecule has 2 rings (SSSR count). The van der Waals surface area contributed by atoms with Crippen LogP contribution in [0, 0.1) is 3.57 Å². The highest BCUT2D eigenvalue weighted by molar-refractivity contribution is 14.1. The van der Waals surface area contributed by atoms with Crippen molar-refractivity contribution in [3.8, 4) is 11.5 Å². The Labute approximate surface area is 170 Å². The largest absolute Gasteiger partial charge is 0.508 e. The Balaban J connectivity index is 1.80. The molecule has 0 atom stereocenters. The Hall–Kier alpha value is -2.00. The van der Waals surface area contributed by atoms with Gasteiger partial charge in [0, 0.05) is 22.2 Å². The van der Waals surface area contributed by atoms with Gasteiger partial charge in [-0.3, -0.25) is 9.59 Å². The van der Waals surface area contributed by atoms with Crippen LogP contribution < -0.4 is 15.4 Å². The Morgan fingerprint density at radius 3 is 2.50 bits per heavy atom. The molecule has 6 nitrogen and oxygen atoms in total. The zero-order chi connectivity index (χ0) is 19.1. The Kier molecular flexibility index (Phi) is 7.52. The number of nitrogens with one attached hydrogen (secondary N) is 2. The summed E-state index contributed by atoms with van der Waals surface area (Å²) in [5.41, 5.74) is 0.744. The van der Waals surface area contributed by atoms with Crippen LogP contribution in [0.15, 0.2) is 36.4 Å². The van der Waals surface area contributed by atoms with Gasteiger partial charge in [-0.15, -0.1) is 0 Å². The average molecular weight is 489 g/mol. The van der Waals surface area contributed by atoms with E-state index in [2.05, 4.69) is 33.2 Å². The number of rotatable bonds is 7. The third kappa shape index (κ3) is 5.50. The molecule has 26 heavy (non-hydrogen) atoms. The molecule has 0 radical (unpaired) electrons. The van der Waals surface area contributed by atoms with Crippen LogP contribution in [-0.2, 0) is 0 Å². The van der Waals surface area contributed by atoms with Crippen LogP contribution >= 0.6 is 34.2 Å². The van der Waals surface area contributed by atoms with Crippen LogP contribution in [0.1, 0.15) is 27.1 Å². The molecular formula is C18H18ClIN2O4. The number of carbonyl (C=O) groups is 2. The van der Waals surface area contributed by atoms with Crippen molar-refractivity contribution in [3.63, 3.8) is 0 Å². The van der Waals surface area contributed by atoms with E-state index in [1.165, 1.54) is 19.2 Å². The summed E-state index contributed by atoms with van der Waals surface area (Å²) in [5.74, 6) is -0.0821. The molecule has 0 heterocycles. The van der Waals surface area contributed by atoms with Crippen LogP contribution in [0.2, 0.25) is 5.02 Å². The van der Waals surface area contributed by atoms with E-state index in [0.29, 0.717) is 41.4 Å². The maximum Gasteiger partial charge on any atom is 0.255 e. The SMILES string of the molecule is COc1cc(I)c(Cl)cc1C(=O)NCCCNC(=O)c1cccc(O)c1. The number of methoxy groups -OCH3 is 1. The highest BCUT2D eigenvalue weighted by Crippen LogP contribution is 2.28. The standard InChI is InChI=1S/C18H18ClIN2O4/c1-26-16-10-15(20)14(19)9-13(16)18(25)22-7-3-6-21-17(24)11-4-2-5-12(23)8-11/h2,4-5,8-10,23H,3,6-7H2,1H3,(H,21,24)(H,22,25). The maximum atomic E-state index is 12.3. The van der Waals surface area contributed by atoms with Crippen molar-refractivity contribution in [2.45, 2.75) is 6.42 Å². The molecule has 8 heteroatoms. The summed E-state index contributed by atoms with van der Waals surface area (Å²) >= 11 is 8.13. The van der Waals surface area contributed by atoms with Crippen LogP contribution in [0.4, 0.5) is 0 Å². The highest BCUT2D eigenvalue weighted by atomic mass is 127. The predicted octanol–water partition coefficient (Wildman–Crippen LogP) is 3.21. The van der Waals surface area contributed by atoms with Crippen molar-refractivity contribution >= 4 is 46.0 Å². The fourth-order valence-electron chi connectivity index (χ4n) is 2.21. The lowest BCUT2D eigenvalue weighted by Crippen LogP contribution is -2.30. The van der Waals surface area contributed by atoms with Gasteiger partial charge in [0.15, 0.2) is 0 Å². The van der Waals surface area contributed by atoms with Gasteiger partial charge in [0.1, 0.15) is 11.5 Å². The van der Waals surface area contributed by atoms with E-state index < -0.39 is 0 Å². The van der Waals surface area contributed by atoms with E-state index in [0.717, 1.165) is 3.57 Å². The number of ether oxygens (including phenoxy) is 1. The van der Waals surface area contributed by atoms with E-state index in [1.54, 1.807) is 24.3 Å². The number of amides is 2. The molecule has 2 aromatic carbocycles. The van der Waals surface area contributed by atoms with E-state index in [1.807, 2.05) is 0 Å². The van der Waals surface area contributed by atoms with Crippen molar-refractivity contribution in [1.82, 2.24) is 10.6 Å². The van der Waals surface area contributed by atoms with Crippen molar-refractivity contribution in [2.24, 2.45) is 0 Å². The minimum atomic E-state index is -0.292. The summed E-state index contributed by atoms with van der Waals surface area (Å²) in [7, 11) is 1.49. The predicted molar refractivity (Wildman–Crippen MR) is 108 cm³/mol. The molecule has 0 spiro atoms. The number of benzene rings is 2. The van der Waals surface area contributed by atoms with Crippen LogP contribution in [0.5, 0.6) is 11.5 Å². The lowest BCUT2D eigenvalue weighted by atomic mass is 10.2. The summed E-state index contributed by atoms with van der Waals surface area (Å²) in [6.07, 6.45) is 0.552. The molecule has 3 N–H and O–H groups in total. The molecule has 0 aliphatic heterocycles. The number of hydrogen-bond donors (Lipinski definition) is 3.